The van der Waals surface area contributed by atoms with E-state index in [0.717, 1.165) is 39.8 Å². The summed E-state index contributed by atoms with van der Waals surface area (Å²) >= 11 is 0. The second kappa shape index (κ2) is 10.1. The van der Waals surface area contributed by atoms with Crippen LogP contribution >= 0.6 is 0 Å². The van der Waals surface area contributed by atoms with E-state index < -0.39 is 5.41 Å². The summed E-state index contributed by atoms with van der Waals surface area (Å²) in [5.41, 5.74) is 7.09. The molecule has 1 atom stereocenters. The van der Waals surface area contributed by atoms with Crippen LogP contribution in [0.15, 0.2) is 60.7 Å². The van der Waals surface area contributed by atoms with E-state index >= 15 is 0 Å². The predicted octanol–water partition coefficient (Wildman–Crippen LogP) is 6.80. The molecule has 0 saturated heterocycles. The van der Waals surface area contributed by atoms with Crippen LogP contribution in [-0.4, -0.2) is 17.5 Å². The molecule has 0 aliphatic carbocycles. The third kappa shape index (κ3) is 5.41. The Hall–Kier alpha value is -3.04. The first-order valence-corrected chi connectivity index (χ1v) is 11.0. The van der Waals surface area contributed by atoms with E-state index in [0.29, 0.717) is 6.42 Å². The van der Waals surface area contributed by atoms with Gasteiger partial charge in [-0.2, -0.15) is 0 Å². The van der Waals surface area contributed by atoms with Crippen LogP contribution in [0.2, 0.25) is 0 Å². The number of rotatable bonds is 8. The lowest BCUT2D eigenvalue weighted by molar-refractivity contribution is -0.128. The van der Waals surface area contributed by atoms with E-state index in [1.807, 2.05) is 13.0 Å². The van der Waals surface area contributed by atoms with Gasteiger partial charge < -0.3 is 5.11 Å². The Kier molecular flexibility index (Phi) is 7.42. The minimum atomic E-state index is -0.696. The molecule has 0 aliphatic heterocycles. The number of hydrogen-bond acceptors (Lipinski definition) is 2. The summed E-state index contributed by atoms with van der Waals surface area (Å²) in [5, 5.41) is 9.64. The quantitative estimate of drug-likeness (QED) is 0.399. The van der Waals surface area contributed by atoms with Crippen molar-refractivity contribution in [2.24, 2.45) is 5.41 Å². The van der Waals surface area contributed by atoms with Gasteiger partial charge in [0.25, 0.3) is 0 Å². The van der Waals surface area contributed by atoms with Gasteiger partial charge in [0.05, 0.1) is 6.61 Å². The minimum absolute atomic E-state index is 0.0174. The lowest BCUT2D eigenvalue weighted by Crippen LogP contribution is -2.30. The highest BCUT2D eigenvalue weighted by atomic mass is 19.1. The fourth-order valence-electron chi connectivity index (χ4n) is 3.77. The molecule has 0 amide bonds. The fourth-order valence-corrected chi connectivity index (χ4v) is 3.77. The Morgan fingerprint density at radius 1 is 1.00 bits per heavy atom. The summed E-state index contributed by atoms with van der Waals surface area (Å²) in [6, 6.07) is 19.1. The van der Waals surface area contributed by atoms with Crippen LogP contribution in [0.3, 0.4) is 0 Å². The highest BCUT2D eigenvalue weighted by Crippen LogP contribution is 2.28. The molecule has 166 valence electrons. The van der Waals surface area contributed by atoms with Crippen molar-refractivity contribution in [3.05, 3.63) is 94.3 Å². The maximum atomic E-state index is 13.3. The molecule has 3 rings (SSSR count). The number of hydrogen-bond donors (Lipinski definition) is 1. The molecule has 0 bridgehead atoms. The molecule has 3 heteroatoms. The number of aliphatic hydroxyl groups excluding tert-OH is 1. The molecule has 0 saturated carbocycles. The highest BCUT2D eigenvalue weighted by Gasteiger charge is 2.28. The third-order valence-corrected chi connectivity index (χ3v) is 6.48. The van der Waals surface area contributed by atoms with Crippen LogP contribution < -0.4 is 0 Å². The summed E-state index contributed by atoms with van der Waals surface area (Å²) in [4.78, 5) is 11.9. The zero-order valence-corrected chi connectivity index (χ0v) is 19.3. The molecule has 0 aliphatic rings. The number of ketones is 1. The monoisotopic (exact) mass is 430 g/mol. The van der Waals surface area contributed by atoms with Gasteiger partial charge in [-0.15, -0.1) is 0 Å². The Labute approximate surface area is 190 Å². The van der Waals surface area contributed by atoms with Gasteiger partial charge in [0.15, 0.2) is 0 Å². The Balaban J connectivity index is 1.84. The highest BCUT2D eigenvalue weighted by molar-refractivity contribution is 5.82. The van der Waals surface area contributed by atoms with E-state index in [1.54, 1.807) is 19.1 Å². The number of halogens is 1. The summed E-state index contributed by atoms with van der Waals surface area (Å²) in [6.07, 6.45) is 5.58. The van der Waals surface area contributed by atoms with Gasteiger partial charge in [0.1, 0.15) is 11.6 Å². The summed E-state index contributed by atoms with van der Waals surface area (Å²) in [5.74, 6) is -0.218. The van der Waals surface area contributed by atoms with Crippen molar-refractivity contribution < 1.29 is 14.3 Å². The molecular weight excluding hydrogens is 399 g/mol. The van der Waals surface area contributed by atoms with Crippen molar-refractivity contribution in [3.63, 3.8) is 0 Å². The number of benzene rings is 3. The molecule has 32 heavy (non-hydrogen) atoms. The predicted molar refractivity (Wildman–Crippen MR) is 131 cm³/mol. The topological polar surface area (TPSA) is 37.3 Å². The van der Waals surface area contributed by atoms with Crippen LogP contribution in [0.25, 0.3) is 23.3 Å². The van der Waals surface area contributed by atoms with Crippen LogP contribution in [-0.2, 0) is 11.2 Å². The average molecular weight is 431 g/mol. The van der Waals surface area contributed by atoms with Gasteiger partial charge >= 0.3 is 0 Å². The average Bonchev–Trinajstić information content (AvgIpc) is 2.78. The Bertz CT molecular complexity index is 1130. The van der Waals surface area contributed by atoms with E-state index in [4.69, 9.17) is 0 Å². The Morgan fingerprint density at radius 2 is 1.69 bits per heavy atom. The standard InChI is InChI=1S/C29H31FO2/c1-20-8-9-23(16-17-29(4,19-31)22(3)32)18-26(20)11-10-24-6-5-7-28(21(24)2)25-12-14-27(30)15-13-25/h5-15,18,31H,16-17,19H2,1-4H3/b11-10+. The van der Waals surface area contributed by atoms with Crippen molar-refractivity contribution in [2.45, 2.75) is 40.5 Å². The van der Waals surface area contributed by atoms with E-state index in [1.165, 1.54) is 17.7 Å². The molecule has 3 aromatic carbocycles. The molecule has 1 unspecified atom stereocenters. The molecular formula is C29H31FO2. The number of aryl methyl sites for hydroxylation is 2. The first-order valence-electron chi connectivity index (χ1n) is 11.0. The molecule has 0 fully saturated rings. The van der Waals surface area contributed by atoms with E-state index in [9.17, 15) is 14.3 Å². The SMILES string of the molecule is CC(=O)C(C)(CO)CCc1ccc(C)c(/C=C/c2cccc(-c3ccc(F)cc3)c2C)c1. The molecule has 0 spiro atoms. The smallest absolute Gasteiger partial charge is 0.137 e. The second-order valence-electron chi connectivity index (χ2n) is 8.83. The van der Waals surface area contributed by atoms with Crippen LogP contribution in [0.4, 0.5) is 4.39 Å². The normalized spacial score (nSPS) is 13.3. The molecule has 2 nitrogen and oxygen atoms in total. The minimum Gasteiger partial charge on any atom is -0.395 e. The lowest BCUT2D eigenvalue weighted by Gasteiger charge is -2.24. The molecule has 0 aromatic heterocycles. The van der Waals surface area contributed by atoms with Crippen molar-refractivity contribution in [1.82, 2.24) is 0 Å². The zero-order valence-electron chi connectivity index (χ0n) is 19.3. The van der Waals surface area contributed by atoms with Crippen molar-refractivity contribution in [3.8, 4) is 11.1 Å². The zero-order chi connectivity index (χ0) is 23.3. The second-order valence-corrected chi connectivity index (χ2v) is 8.83. The number of aliphatic hydroxyl groups is 1. The largest absolute Gasteiger partial charge is 0.395 e. The summed E-state index contributed by atoms with van der Waals surface area (Å²) in [6.45, 7) is 7.39. The maximum absolute atomic E-state index is 13.3. The lowest BCUT2D eigenvalue weighted by atomic mass is 9.81. The van der Waals surface area contributed by atoms with Gasteiger partial charge in [-0.1, -0.05) is 67.6 Å². The van der Waals surface area contributed by atoms with Gasteiger partial charge in [-0.25, -0.2) is 4.39 Å². The fraction of sp³-hybridized carbons (Fsp3) is 0.276. The maximum Gasteiger partial charge on any atom is 0.137 e. The number of Topliss-reactive ketones (excluding diaryl/α,β-unsaturated/α-hetero) is 1. The van der Waals surface area contributed by atoms with Crippen molar-refractivity contribution in [1.29, 1.82) is 0 Å². The van der Waals surface area contributed by atoms with Crippen molar-refractivity contribution >= 4 is 17.9 Å². The summed E-state index contributed by atoms with van der Waals surface area (Å²) < 4.78 is 13.3. The van der Waals surface area contributed by atoms with Crippen LogP contribution in [0.5, 0.6) is 0 Å². The van der Waals surface area contributed by atoms with Gasteiger partial charge in [0, 0.05) is 5.41 Å². The first kappa shape index (κ1) is 23.6. The van der Waals surface area contributed by atoms with E-state index in [-0.39, 0.29) is 18.2 Å². The van der Waals surface area contributed by atoms with E-state index in [2.05, 4.69) is 56.3 Å². The number of carbonyl (C=O) groups excluding carboxylic acids is 1. The molecule has 1 N–H and O–H groups in total. The van der Waals surface area contributed by atoms with Gasteiger partial charge in [0.2, 0.25) is 0 Å². The van der Waals surface area contributed by atoms with Gasteiger partial charge in [-0.05, 0) is 84.7 Å². The molecule has 0 radical (unpaired) electrons. The van der Waals surface area contributed by atoms with Crippen molar-refractivity contribution in [2.75, 3.05) is 6.61 Å². The van der Waals surface area contributed by atoms with Gasteiger partial charge in [-0.3, -0.25) is 4.79 Å². The first-order chi connectivity index (χ1) is 15.2. The Morgan fingerprint density at radius 3 is 2.34 bits per heavy atom. The van der Waals surface area contributed by atoms with Crippen LogP contribution in [0.1, 0.15) is 48.1 Å². The van der Waals surface area contributed by atoms with Crippen LogP contribution in [0, 0.1) is 25.1 Å². The molecule has 3 aromatic rings. The number of carbonyl (C=O) groups is 1. The molecule has 0 heterocycles. The third-order valence-electron chi connectivity index (χ3n) is 6.48. The summed E-state index contributed by atoms with van der Waals surface area (Å²) in [7, 11) is 0.